The third-order valence-corrected chi connectivity index (χ3v) is 5.63. The zero-order chi connectivity index (χ0) is 18.5. The number of ether oxygens (including phenoxy) is 1. The topological polar surface area (TPSA) is 49.9 Å². The minimum Gasteiger partial charge on any atom is -0.381 e. The molecule has 2 aliphatic rings. The van der Waals surface area contributed by atoms with Gasteiger partial charge in [0.15, 0.2) is 0 Å². The van der Waals surface area contributed by atoms with E-state index < -0.39 is 0 Å². The highest BCUT2D eigenvalue weighted by molar-refractivity contribution is 5.93. The van der Waals surface area contributed by atoms with Crippen LogP contribution >= 0.6 is 0 Å². The van der Waals surface area contributed by atoms with Crippen LogP contribution in [0.2, 0.25) is 0 Å². The Hall–Kier alpha value is -1.88. The van der Waals surface area contributed by atoms with Gasteiger partial charge < -0.3 is 14.5 Å². The Morgan fingerprint density at radius 2 is 1.65 bits per heavy atom. The molecule has 1 aromatic carbocycles. The highest BCUT2D eigenvalue weighted by Gasteiger charge is 2.29. The molecule has 2 saturated heterocycles. The van der Waals surface area contributed by atoms with Crippen LogP contribution in [0.5, 0.6) is 0 Å². The second kappa shape index (κ2) is 8.67. The fraction of sp³-hybridized carbons (Fsp3) is 0.619. The van der Waals surface area contributed by atoms with Crippen molar-refractivity contribution >= 4 is 11.8 Å². The van der Waals surface area contributed by atoms with E-state index in [0.29, 0.717) is 11.8 Å². The lowest BCUT2D eigenvalue weighted by atomic mass is 9.89. The number of likely N-dealkylation sites (tertiary alicyclic amines) is 1. The maximum Gasteiger partial charge on any atom is 0.253 e. The molecular weight excluding hydrogens is 328 g/mol. The highest BCUT2D eigenvalue weighted by Crippen LogP contribution is 2.25. The molecule has 2 heterocycles. The minimum atomic E-state index is 0.0384. The van der Waals surface area contributed by atoms with Gasteiger partial charge in [0.2, 0.25) is 5.91 Å². The number of rotatable bonds is 4. The lowest BCUT2D eigenvalue weighted by molar-refractivity contribution is -0.139. The van der Waals surface area contributed by atoms with E-state index in [1.165, 1.54) is 5.56 Å². The van der Waals surface area contributed by atoms with Gasteiger partial charge in [-0.15, -0.1) is 0 Å². The number of piperidine rings is 1. The van der Waals surface area contributed by atoms with Crippen molar-refractivity contribution < 1.29 is 14.3 Å². The molecule has 0 aliphatic carbocycles. The van der Waals surface area contributed by atoms with Crippen LogP contribution in [0.4, 0.5) is 0 Å². The van der Waals surface area contributed by atoms with Crippen molar-refractivity contribution in [2.45, 2.75) is 32.1 Å². The Bertz CT molecular complexity index is 613. The average Bonchev–Trinajstić information content (AvgIpc) is 2.68. The Morgan fingerprint density at radius 1 is 1.04 bits per heavy atom. The van der Waals surface area contributed by atoms with Gasteiger partial charge in [-0.2, -0.15) is 0 Å². The van der Waals surface area contributed by atoms with Crippen molar-refractivity contribution in [1.29, 1.82) is 0 Å². The van der Waals surface area contributed by atoms with Crippen LogP contribution in [0.1, 0.15) is 41.6 Å². The summed E-state index contributed by atoms with van der Waals surface area (Å²) in [6.07, 6.45) is 4.89. The molecule has 0 spiro atoms. The molecule has 0 radical (unpaired) electrons. The van der Waals surface area contributed by atoms with Gasteiger partial charge in [-0.3, -0.25) is 9.59 Å². The van der Waals surface area contributed by atoms with E-state index in [-0.39, 0.29) is 11.8 Å². The highest BCUT2D eigenvalue weighted by atomic mass is 16.5. The van der Waals surface area contributed by atoms with Crippen LogP contribution < -0.4 is 0 Å². The number of benzene rings is 1. The predicted octanol–water partition coefficient (Wildman–Crippen LogP) is 2.60. The van der Waals surface area contributed by atoms with Crippen molar-refractivity contribution in [2.75, 3.05) is 40.4 Å². The summed E-state index contributed by atoms with van der Waals surface area (Å²) in [5, 5.41) is 0. The third kappa shape index (κ3) is 4.64. The largest absolute Gasteiger partial charge is 0.381 e. The van der Waals surface area contributed by atoms with Crippen LogP contribution in [0.15, 0.2) is 24.3 Å². The zero-order valence-corrected chi connectivity index (χ0v) is 15.9. The summed E-state index contributed by atoms with van der Waals surface area (Å²) in [5.74, 6) is 1.15. The van der Waals surface area contributed by atoms with Gasteiger partial charge in [-0.25, -0.2) is 0 Å². The maximum atomic E-state index is 12.6. The first-order valence-corrected chi connectivity index (χ1v) is 9.71. The maximum absolute atomic E-state index is 12.6. The van der Waals surface area contributed by atoms with E-state index in [1.54, 1.807) is 19.0 Å². The number of carbonyl (C=O) groups is 2. The van der Waals surface area contributed by atoms with E-state index in [2.05, 4.69) is 17.0 Å². The summed E-state index contributed by atoms with van der Waals surface area (Å²) in [5.41, 5.74) is 2.00. The van der Waals surface area contributed by atoms with E-state index in [4.69, 9.17) is 4.74 Å². The Balaban J connectivity index is 1.48. The Labute approximate surface area is 156 Å². The van der Waals surface area contributed by atoms with Crippen LogP contribution in [0.3, 0.4) is 0 Å². The summed E-state index contributed by atoms with van der Waals surface area (Å²) >= 11 is 0. The molecule has 2 aliphatic heterocycles. The molecule has 0 bridgehead atoms. The van der Waals surface area contributed by atoms with E-state index in [9.17, 15) is 9.59 Å². The predicted molar refractivity (Wildman–Crippen MR) is 101 cm³/mol. The summed E-state index contributed by atoms with van der Waals surface area (Å²) in [7, 11) is 3.54. The lowest BCUT2D eigenvalue weighted by Crippen LogP contribution is -2.43. The molecule has 0 atom stereocenters. The normalized spacial score (nSPS) is 19.4. The van der Waals surface area contributed by atoms with Gasteiger partial charge in [0.25, 0.3) is 5.91 Å². The van der Waals surface area contributed by atoms with Crippen LogP contribution in [-0.4, -0.2) is 62.0 Å². The van der Waals surface area contributed by atoms with Gasteiger partial charge in [0.05, 0.1) is 0 Å². The van der Waals surface area contributed by atoms with Crippen LogP contribution in [0, 0.1) is 11.8 Å². The molecule has 0 saturated carbocycles. The summed E-state index contributed by atoms with van der Waals surface area (Å²) in [6.45, 7) is 3.19. The second-order valence-electron chi connectivity index (χ2n) is 7.76. The first-order valence-electron chi connectivity index (χ1n) is 9.71. The molecule has 0 unspecified atom stereocenters. The van der Waals surface area contributed by atoms with Gasteiger partial charge >= 0.3 is 0 Å². The van der Waals surface area contributed by atoms with Gasteiger partial charge in [0, 0.05) is 51.9 Å². The first-order chi connectivity index (χ1) is 12.5. The summed E-state index contributed by atoms with van der Waals surface area (Å²) < 4.78 is 5.36. The number of amides is 2. The first kappa shape index (κ1) is 18.9. The fourth-order valence-electron chi connectivity index (χ4n) is 3.94. The third-order valence-electron chi connectivity index (χ3n) is 5.63. The monoisotopic (exact) mass is 358 g/mol. The number of nitrogens with zero attached hydrogens (tertiary/aromatic N) is 2. The van der Waals surface area contributed by atoms with Crippen molar-refractivity contribution in [1.82, 2.24) is 9.80 Å². The van der Waals surface area contributed by atoms with Crippen molar-refractivity contribution in [3.05, 3.63) is 35.4 Å². The lowest BCUT2D eigenvalue weighted by Gasteiger charge is -2.35. The molecule has 2 fully saturated rings. The summed E-state index contributed by atoms with van der Waals surface area (Å²) in [4.78, 5) is 28.2. The van der Waals surface area contributed by atoms with Crippen molar-refractivity contribution in [2.24, 2.45) is 11.8 Å². The Kier molecular flexibility index (Phi) is 6.30. The molecule has 26 heavy (non-hydrogen) atoms. The SMILES string of the molecule is CN(C)C(=O)c1ccc(CC2CCN(C(=O)C3CCOCC3)CC2)cc1. The van der Waals surface area contributed by atoms with Gasteiger partial charge in [-0.05, 0) is 55.7 Å². The molecule has 5 heteroatoms. The van der Waals surface area contributed by atoms with E-state index in [0.717, 1.165) is 64.0 Å². The van der Waals surface area contributed by atoms with Crippen molar-refractivity contribution in [3.63, 3.8) is 0 Å². The smallest absolute Gasteiger partial charge is 0.253 e. The van der Waals surface area contributed by atoms with E-state index in [1.807, 2.05) is 12.1 Å². The second-order valence-corrected chi connectivity index (χ2v) is 7.76. The molecule has 0 N–H and O–H groups in total. The van der Waals surface area contributed by atoms with Crippen molar-refractivity contribution in [3.8, 4) is 0 Å². The Morgan fingerprint density at radius 3 is 2.23 bits per heavy atom. The molecular formula is C21H30N2O3. The number of hydrogen-bond donors (Lipinski definition) is 0. The molecule has 5 nitrogen and oxygen atoms in total. The zero-order valence-electron chi connectivity index (χ0n) is 15.9. The average molecular weight is 358 g/mol. The standard InChI is InChI=1S/C21H30N2O3/c1-22(2)20(24)18-5-3-16(4-6-18)15-17-7-11-23(12-8-17)21(25)19-9-13-26-14-10-19/h3-6,17,19H,7-15H2,1-2H3. The molecule has 142 valence electrons. The minimum absolute atomic E-state index is 0.0384. The van der Waals surface area contributed by atoms with Gasteiger partial charge in [-0.1, -0.05) is 12.1 Å². The molecule has 3 rings (SSSR count). The van der Waals surface area contributed by atoms with Crippen LogP contribution in [-0.2, 0) is 16.0 Å². The van der Waals surface area contributed by atoms with E-state index >= 15 is 0 Å². The van der Waals surface area contributed by atoms with Gasteiger partial charge in [0.1, 0.15) is 0 Å². The summed E-state index contributed by atoms with van der Waals surface area (Å²) in [6, 6.07) is 7.97. The molecule has 0 aromatic heterocycles. The number of carbonyl (C=O) groups excluding carboxylic acids is 2. The van der Waals surface area contributed by atoms with Crippen LogP contribution in [0.25, 0.3) is 0 Å². The fourth-order valence-corrected chi connectivity index (χ4v) is 3.94. The quantitative estimate of drug-likeness (QED) is 0.831. The molecule has 2 amide bonds. The molecule has 1 aromatic rings. The number of hydrogen-bond acceptors (Lipinski definition) is 3.